The number of hydrogen-bond acceptors (Lipinski definition) is 4. The van der Waals surface area contributed by atoms with Crippen molar-refractivity contribution in [3.05, 3.63) is 11.1 Å². The summed E-state index contributed by atoms with van der Waals surface area (Å²) in [5, 5.41) is 2.71. The molecular weight excluding hydrogens is 246 g/mol. The van der Waals surface area contributed by atoms with Gasteiger partial charge >= 0.3 is 0 Å². The van der Waals surface area contributed by atoms with Gasteiger partial charge in [-0.15, -0.1) is 23.7 Å². The van der Waals surface area contributed by atoms with Gasteiger partial charge in [-0.05, 0) is 20.8 Å². The van der Waals surface area contributed by atoms with E-state index in [0.717, 1.165) is 10.8 Å². The van der Waals surface area contributed by atoms with Crippen molar-refractivity contribution in [3.63, 3.8) is 0 Å². The minimum atomic E-state index is -0.104. The van der Waals surface area contributed by atoms with Crippen molar-refractivity contribution < 1.29 is 4.79 Å². The molecule has 2 N–H and O–H groups in total. The molecule has 0 radical (unpaired) electrons. The Bertz CT molecular complexity index is 341. The Hall–Kier alpha value is -0.650. The molecule has 92 valence electrons. The molecule has 1 rings (SSSR count). The molecule has 1 atom stereocenters. The van der Waals surface area contributed by atoms with Gasteiger partial charge in [-0.2, -0.15) is 0 Å². The molecule has 1 amide bonds. The maximum atomic E-state index is 11.8. The van der Waals surface area contributed by atoms with Crippen molar-refractivity contribution in [2.24, 2.45) is 5.73 Å². The van der Waals surface area contributed by atoms with Crippen LogP contribution in [-0.2, 0) is 4.79 Å². The number of nitrogens with zero attached hydrogens (tertiary/aromatic N) is 2. The zero-order chi connectivity index (χ0) is 11.4. The fraction of sp³-hybridized carbons (Fsp3) is 0.600. The zero-order valence-corrected chi connectivity index (χ0v) is 11.4. The lowest BCUT2D eigenvalue weighted by molar-refractivity contribution is -0.118. The molecule has 0 aliphatic rings. The predicted molar refractivity (Wildman–Crippen MR) is 70.4 cm³/mol. The van der Waals surface area contributed by atoms with Gasteiger partial charge in [-0.3, -0.25) is 9.69 Å². The van der Waals surface area contributed by atoms with Gasteiger partial charge in [0.2, 0.25) is 5.91 Å². The van der Waals surface area contributed by atoms with Gasteiger partial charge in [0, 0.05) is 24.4 Å². The Labute approximate surface area is 106 Å². The van der Waals surface area contributed by atoms with Gasteiger partial charge in [0.15, 0.2) is 5.13 Å². The van der Waals surface area contributed by atoms with Gasteiger partial charge in [0.1, 0.15) is 0 Å². The first-order chi connectivity index (χ1) is 7.04. The summed E-state index contributed by atoms with van der Waals surface area (Å²) in [6.45, 7) is 6.33. The summed E-state index contributed by atoms with van der Waals surface area (Å²) in [7, 11) is 0. The molecule has 4 nitrogen and oxygen atoms in total. The number of carbonyl (C=O) groups is 1. The van der Waals surface area contributed by atoms with Gasteiger partial charge in [0.05, 0.1) is 5.69 Å². The number of halogens is 1. The Kier molecular flexibility index (Phi) is 6.55. The van der Waals surface area contributed by atoms with Crippen molar-refractivity contribution in [1.29, 1.82) is 0 Å². The summed E-state index contributed by atoms with van der Waals surface area (Å²) in [6.07, 6.45) is 0.368. The average molecular weight is 264 g/mol. The molecule has 1 aromatic heterocycles. The standard InChI is InChI=1S/C10H17N3OS.ClH/c1-4-13(9(14)5-7(2)11)10-12-8(3)6-15-10;/h6-7H,4-5,11H2,1-3H3;1H. The molecule has 0 bridgehead atoms. The smallest absolute Gasteiger partial charge is 0.230 e. The van der Waals surface area contributed by atoms with Crippen molar-refractivity contribution in [1.82, 2.24) is 4.98 Å². The average Bonchev–Trinajstić information content (AvgIpc) is 2.51. The van der Waals surface area contributed by atoms with Crippen LogP contribution >= 0.6 is 23.7 Å². The maximum absolute atomic E-state index is 11.8. The third-order valence-electron chi connectivity index (χ3n) is 1.95. The highest BCUT2D eigenvalue weighted by atomic mass is 35.5. The lowest BCUT2D eigenvalue weighted by Crippen LogP contribution is -2.34. The molecule has 16 heavy (non-hydrogen) atoms. The van der Waals surface area contributed by atoms with E-state index < -0.39 is 0 Å². The summed E-state index contributed by atoms with van der Waals surface area (Å²) in [6, 6.07) is -0.104. The van der Waals surface area contributed by atoms with E-state index in [1.165, 1.54) is 11.3 Å². The number of amides is 1. The first-order valence-electron chi connectivity index (χ1n) is 5.02. The van der Waals surface area contributed by atoms with Crippen molar-refractivity contribution >= 4 is 34.8 Å². The summed E-state index contributed by atoms with van der Waals surface area (Å²) in [5.74, 6) is 0.0434. The lowest BCUT2D eigenvalue weighted by atomic mass is 10.2. The van der Waals surface area contributed by atoms with Gasteiger partial charge < -0.3 is 5.73 Å². The minimum Gasteiger partial charge on any atom is -0.327 e. The molecule has 1 unspecified atom stereocenters. The van der Waals surface area contributed by atoms with Gasteiger partial charge in [0.25, 0.3) is 0 Å². The maximum Gasteiger partial charge on any atom is 0.230 e. The monoisotopic (exact) mass is 263 g/mol. The quantitative estimate of drug-likeness (QED) is 0.904. The van der Waals surface area contributed by atoms with E-state index in [4.69, 9.17) is 5.73 Å². The molecule has 6 heteroatoms. The molecule has 0 saturated carbocycles. The van der Waals surface area contributed by atoms with Crippen molar-refractivity contribution in [2.75, 3.05) is 11.4 Å². The van der Waals surface area contributed by atoms with E-state index in [0.29, 0.717) is 13.0 Å². The second-order valence-corrected chi connectivity index (χ2v) is 4.43. The summed E-state index contributed by atoms with van der Waals surface area (Å²) < 4.78 is 0. The van der Waals surface area contributed by atoms with Crippen LogP contribution in [0.2, 0.25) is 0 Å². The Morgan fingerprint density at radius 1 is 1.69 bits per heavy atom. The number of nitrogens with two attached hydrogens (primary N) is 1. The molecule has 0 spiro atoms. The summed E-state index contributed by atoms with van der Waals surface area (Å²) in [5.41, 5.74) is 6.55. The number of carbonyl (C=O) groups excluding carboxylic acids is 1. The van der Waals surface area contributed by atoms with Crippen LogP contribution in [0.1, 0.15) is 26.0 Å². The molecule has 1 heterocycles. The number of hydrogen-bond donors (Lipinski definition) is 1. The summed E-state index contributed by atoms with van der Waals surface area (Å²) >= 11 is 1.49. The normalized spacial score (nSPS) is 11.8. The Morgan fingerprint density at radius 3 is 2.69 bits per heavy atom. The zero-order valence-electron chi connectivity index (χ0n) is 9.77. The highest BCUT2D eigenvalue weighted by Crippen LogP contribution is 2.20. The molecule has 0 aliphatic heterocycles. The van der Waals surface area contributed by atoms with Crippen LogP contribution in [0.5, 0.6) is 0 Å². The SMILES string of the molecule is CCN(C(=O)CC(C)N)c1nc(C)cs1.Cl. The fourth-order valence-electron chi connectivity index (χ4n) is 1.27. The number of thiazole rings is 1. The molecule has 0 saturated heterocycles. The third-order valence-corrected chi connectivity index (χ3v) is 2.93. The molecule has 1 aromatic rings. The van der Waals surface area contributed by atoms with Crippen LogP contribution < -0.4 is 10.6 Å². The van der Waals surface area contributed by atoms with E-state index in [9.17, 15) is 4.79 Å². The number of rotatable bonds is 4. The van der Waals surface area contributed by atoms with Crippen molar-refractivity contribution in [3.8, 4) is 0 Å². The second kappa shape index (κ2) is 6.83. The van der Waals surface area contributed by atoms with Crippen LogP contribution in [0.15, 0.2) is 5.38 Å². The molecule has 0 aromatic carbocycles. The van der Waals surface area contributed by atoms with Crippen molar-refractivity contribution in [2.45, 2.75) is 33.2 Å². The van der Waals surface area contributed by atoms with E-state index in [-0.39, 0.29) is 24.4 Å². The van der Waals surface area contributed by atoms with Crippen LogP contribution in [0.3, 0.4) is 0 Å². The number of aryl methyl sites for hydroxylation is 1. The highest BCUT2D eigenvalue weighted by Gasteiger charge is 2.17. The Morgan fingerprint density at radius 2 is 2.31 bits per heavy atom. The van der Waals surface area contributed by atoms with E-state index in [1.54, 1.807) is 4.90 Å². The predicted octanol–water partition coefficient (Wildman–Crippen LogP) is 1.96. The Balaban J connectivity index is 0.00000225. The summed E-state index contributed by atoms with van der Waals surface area (Å²) in [4.78, 5) is 17.8. The van der Waals surface area contributed by atoms with Crippen LogP contribution in [0.25, 0.3) is 0 Å². The van der Waals surface area contributed by atoms with Gasteiger partial charge in [-0.25, -0.2) is 4.98 Å². The first-order valence-corrected chi connectivity index (χ1v) is 5.90. The largest absolute Gasteiger partial charge is 0.327 e. The molecule has 0 fully saturated rings. The van der Waals surface area contributed by atoms with Crippen LogP contribution in [0, 0.1) is 6.92 Å². The second-order valence-electron chi connectivity index (χ2n) is 3.59. The molecular formula is C10H18ClN3OS. The van der Waals surface area contributed by atoms with Crippen LogP contribution in [0.4, 0.5) is 5.13 Å². The van der Waals surface area contributed by atoms with E-state index in [2.05, 4.69) is 4.98 Å². The first kappa shape index (κ1) is 15.3. The number of aromatic nitrogens is 1. The minimum absolute atomic E-state index is 0. The number of anilines is 1. The van der Waals surface area contributed by atoms with E-state index >= 15 is 0 Å². The molecule has 0 aliphatic carbocycles. The highest BCUT2D eigenvalue weighted by molar-refractivity contribution is 7.14. The fourth-order valence-corrected chi connectivity index (χ4v) is 2.15. The topological polar surface area (TPSA) is 59.2 Å². The van der Waals surface area contributed by atoms with Crippen LogP contribution in [-0.4, -0.2) is 23.5 Å². The lowest BCUT2D eigenvalue weighted by Gasteiger charge is -2.18. The van der Waals surface area contributed by atoms with Gasteiger partial charge in [-0.1, -0.05) is 0 Å². The third kappa shape index (κ3) is 4.08. The van der Waals surface area contributed by atoms with E-state index in [1.807, 2.05) is 26.2 Å².